The van der Waals surface area contributed by atoms with Crippen LogP contribution in [0, 0.1) is 6.92 Å². The molecule has 0 fully saturated rings. The quantitative estimate of drug-likeness (QED) is 0.800. The molecule has 23 heavy (non-hydrogen) atoms. The highest BCUT2D eigenvalue weighted by atomic mass is 16.5. The van der Waals surface area contributed by atoms with Gasteiger partial charge in [-0.05, 0) is 25.1 Å². The number of pyridine rings is 1. The topological polar surface area (TPSA) is 80.3 Å². The highest BCUT2D eigenvalue weighted by molar-refractivity contribution is 6.05. The van der Waals surface area contributed by atoms with Gasteiger partial charge in [-0.15, -0.1) is 0 Å². The molecule has 2 aromatic rings. The Balaban J connectivity index is 2.04. The minimum absolute atomic E-state index is 0.292. The Morgan fingerprint density at radius 3 is 2.39 bits per heavy atom. The molecule has 6 heteroatoms. The second-order valence-corrected chi connectivity index (χ2v) is 5.03. The van der Waals surface area contributed by atoms with Crippen molar-refractivity contribution in [3.8, 4) is 0 Å². The molecule has 0 radical (unpaired) electrons. The first kappa shape index (κ1) is 16.6. The summed E-state index contributed by atoms with van der Waals surface area (Å²) >= 11 is 0. The molecule has 1 aromatic heterocycles. The number of ether oxygens (including phenoxy) is 1. The molecule has 0 saturated carbocycles. The monoisotopic (exact) mass is 313 g/mol. The molecule has 6 nitrogen and oxygen atoms in total. The van der Waals surface area contributed by atoms with Gasteiger partial charge >= 0.3 is 0 Å². The molecule has 120 valence electrons. The Labute approximate surface area is 134 Å². The molecule has 1 heterocycles. The van der Waals surface area contributed by atoms with Crippen molar-refractivity contribution >= 4 is 17.5 Å². The summed E-state index contributed by atoms with van der Waals surface area (Å²) in [4.78, 5) is 28.1. The van der Waals surface area contributed by atoms with E-state index in [1.54, 1.807) is 7.11 Å². The Morgan fingerprint density at radius 2 is 1.74 bits per heavy atom. The summed E-state index contributed by atoms with van der Waals surface area (Å²) in [5.74, 6) is -0.604. The van der Waals surface area contributed by atoms with E-state index in [9.17, 15) is 9.59 Å². The van der Waals surface area contributed by atoms with Crippen LogP contribution in [-0.2, 0) is 4.74 Å². The van der Waals surface area contributed by atoms with E-state index in [4.69, 9.17) is 4.74 Å². The van der Waals surface area contributed by atoms with Crippen LogP contribution in [0.15, 0.2) is 42.7 Å². The Morgan fingerprint density at radius 1 is 1.09 bits per heavy atom. The Kier molecular flexibility index (Phi) is 5.82. The SMILES string of the molecule is COCCNC(=O)c1cncc(C(=O)Nc2ccc(C)cc2)c1. The average molecular weight is 313 g/mol. The number of benzene rings is 1. The maximum atomic E-state index is 12.2. The van der Waals surface area contributed by atoms with Crippen LogP contribution in [0.1, 0.15) is 26.3 Å². The smallest absolute Gasteiger partial charge is 0.257 e. The summed E-state index contributed by atoms with van der Waals surface area (Å²) in [5.41, 5.74) is 2.46. The lowest BCUT2D eigenvalue weighted by Gasteiger charge is -2.07. The van der Waals surface area contributed by atoms with Crippen molar-refractivity contribution in [1.29, 1.82) is 0 Å². The van der Waals surface area contributed by atoms with E-state index in [0.717, 1.165) is 5.56 Å². The van der Waals surface area contributed by atoms with Crippen LogP contribution < -0.4 is 10.6 Å². The van der Waals surface area contributed by atoms with Crippen molar-refractivity contribution < 1.29 is 14.3 Å². The van der Waals surface area contributed by atoms with E-state index in [1.165, 1.54) is 18.5 Å². The molecule has 2 amide bonds. The number of rotatable bonds is 6. The fraction of sp³-hybridized carbons (Fsp3) is 0.235. The van der Waals surface area contributed by atoms with Gasteiger partial charge in [-0.3, -0.25) is 14.6 Å². The van der Waals surface area contributed by atoms with Gasteiger partial charge in [0.1, 0.15) is 0 Å². The lowest BCUT2D eigenvalue weighted by Crippen LogP contribution is -2.27. The van der Waals surface area contributed by atoms with Crippen LogP contribution in [0.3, 0.4) is 0 Å². The van der Waals surface area contributed by atoms with Crippen molar-refractivity contribution in [3.63, 3.8) is 0 Å². The minimum Gasteiger partial charge on any atom is -0.383 e. The molecule has 0 bridgehead atoms. The van der Waals surface area contributed by atoms with E-state index in [0.29, 0.717) is 30.0 Å². The van der Waals surface area contributed by atoms with Gasteiger partial charge in [-0.25, -0.2) is 0 Å². The molecule has 2 N–H and O–H groups in total. The molecule has 0 atom stereocenters. The Hall–Kier alpha value is -2.73. The number of aromatic nitrogens is 1. The standard InChI is InChI=1S/C17H19N3O3/c1-12-3-5-15(6-4-12)20-17(22)14-9-13(10-18-11-14)16(21)19-7-8-23-2/h3-6,9-11H,7-8H2,1-2H3,(H,19,21)(H,20,22). The van der Waals surface area contributed by atoms with Gasteiger partial charge in [0.2, 0.25) is 0 Å². The maximum absolute atomic E-state index is 12.2. The van der Waals surface area contributed by atoms with Gasteiger partial charge in [0, 0.05) is 31.7 Å². The number of carbonyl (C=O) groups is 2. The molecule has 0 aliphatic heterocycles. The van der Waals surface area contributed by atoms with Crippen molar-refractivity contribution in [2.75, 3.05) is 25.6 Å². The largest absolute Gasteiger partial charge is 0.383 e. The van der Waals surface area contributed by atoms with Crippen LogP contribution in [-0.4, -0.2) is 37.1 Å². The summed E-state index contributed by atoms with van der Waals surface area (Å²) in [5, 5.41) is 5.46. The fourth-order valence-corrected chi connectivity index (χ4v) is 1.90. The first-order valence-electron chi connectivity index (χ1n) is 7.20. The lowest BCUT2D eigenvalue weighted by atomic mass is 10.1. The van der Waals surface area contributed by atoms with Crippen LogP contribution >= 0.6 is 0 Å². The average Bonchev–Trinajstić information content (AvgIpc) is 2.57. The molecule has 0 aliphatic rings. The summed E-state index contributed by atoms with van der Waals surface area (Å²) < 4.78 is 4.87. The first-order valence-corrected chi connectivity index (χ1v) is 7.20. The third-order valence-electron chi connectivity index (χ3n) is 3.16. The first-order chi connectivity index (χ1) is 11.1. The predicted octanol–water partition coefficient (Wildman–Crippen LogP) is 2.02. The van der Waals surface area contributed by atoms with Crippen LogP contribution in [0.2, 0.25) is 0 Å². The fourth-order valence-electron chi connectivity index (χ4n) is 1.90. The summed E-state index contributed by atoms with van der Waals surface area (Å²) in [7, 11) is 1.56. The van der Waals surface area contributed by atoms with Crippen molar-refractivity contribution in [3.05, 3.63) is 59.4 Å². The zero-order chi connectivity index (χ0) is 16.7. The maximum Gasteiger partial charge on any atom is 0.257 e. The van der Waals surface area contributed by atoms with Crippen molar-refractivity contribution in [2.24, 2.45) is 0 Å². The number of carbonyl (C=O) groups excluding carboxylic acids is 2. The number of nitrogens with zero attached hydrogens (tertiary/aromatic N) is 1. The van der Waals surface area contributed by atoms with Gasteiger partial charge in [0.05, 0.1) is 17.7 Å². The predicted molar refractivity (Wildman–Crippen MR) is 87.6 cm³/mol. The molecule has 0 saturated heterocycles. The van der Waals surface area contributed by atoms with E-state index < -0.39 is 0 Å². The number of nitrogens with one attached hydrogen (secondary N) is 2. The van der Waals surface area contributed by atoms with Crippen LogP contribution in [0.25, 0.3) is 0 Å². The molecule has 2 rings (SSSR count). The molecule has 0 spiro atoms. The number of hydrogen-bond acceptors (Lipinski definition) is 4. The zero-order valence-corrected chi connectivity index (χ0v) is 13.1. The molecule has 1 aromatic carbocycles. The van der Waals surface area contributed by atoms with E-state index >= 15 is 0 Å². The molecular weight excluding hydrogens is 294 g/mol. The number of amides is 2. The van der Waals surface area contributed by atoms with Crippen LogP contribution in [0.5, 0.6) is 0 Å². The zero-order valence-electron chi connectivity index (χ0n) is 13.1. The van der Waals surface area contributed by atoms with Gasteiger partial charge in [0.15, 0.2) is 0 Å². The third-order valence-corrected chi connectivity index (χ3v) is 3.16. The van der Waals surface area contributed by atoms with Gasteiger partial charge in [-0.1, -0.05) is 17.7 Å². The molecule has 0 aliphatic carbocycles. The highest BCUT2D eigenvalue weighted by Gasteiger charge is 2.11. The highest BCUT2D eigenvalue weighted by Crippen LogP contribution is 2.11. The normalized spacial score (nSPS) is 10.2. The number of aryl methyl sites for hydroxylation is 1. The van der Waals surface area contributed by atoms with Gasteiger partial charge in [0.25, 0.3) is 11.8 Å². The summed E-state index contributed by atoms with van der Waals surface area (Å²) in [6.07, 6.45) is 2.85. The molecule has 0 unspecified atom stereocenters. The third kappa shape index (κ3) is 4.89. The van der Waals surface area contributed by atoms with Crippen molar-refractivity contribution in [2.45, 2.75) is 6.92 Å². The van der Waals surface area contributed by atoms with Crippen molar-refractivity contribution in [1.82, 2.24) is 10.3 Å². The second kappa shape index (κ2) is 8.05. The number of methoxy groups -OCH3 is 1. The van der Waals surface area contributed by atoms with E-state index in [-0.39, 0.29) is 11.8 Å². The van der Waals surface area contributed by atoms with Gasteiger partial charge in [-0.2, -0.15) is 0 Å². The number of hydrogen-bond donors (Lipinski definition) is 2. The Bertz CT molecular complexity index is 684. The number of anilines is 1. The van der Waals surface area contributed by atoms with E-state index in [1.807, 2.05) is 31.2 Å². The summed E-state index contributed by atoms with van der Waals surface area (Å²) in [6, 6.07) is 8.98. The second-order valence-electron chi connectivity index (χ2n) is 5.03. The van der Waals surface area contributed by atoms with Crippen LogP contribution in [0.4, 0.5) is 5.69 Å². The van der Waals surface area contributed by atoms with E-state index in [2.05, 4.69) is 15.6 Å². The molecular formula is C17H19N3O3. The summed E-state index contributed by atoms with van der Waals surface area (Å²) in [6.45, 7) is 2.79. The minimum atomic E-state index is -0.312. The lowest BCUT2D eigenvalue weighted by molar-refractivity contribution is 0.0936. The van der Waals surface area contributed by atoms with Gasteiger partial charge < -0.3 is 15.4 Å².